The van der Waals surface area contributed by atoms with Crippen LogP contribution in [0.15, 0.2) is 16.6 Å². The van der Waals surface area contributed by atoms with Gasteiger partial charge in [0.25, 0.3) is 0 Å². The van der Waals surface area contributed by atoms with E-state index in [-0.39, 0.29) is 15.2 Å². The second-order valence-corrected chi connectivity index (χ2v) is 5.17. The first kappa shape index (κ1) is 14.0. The molecule has 0 saturated carbocycles. The predicted molar refractivity (Wildman–Crippen MR) is 67.2 cm³/mol. The monoisotopic (exact) mass is 343 g/mol. The summed E-state index contributed by atoms with van der Waals surface area (Å²) in [5, 5.41) is 0.274. The molecule has 1 aromatic carbocycles. The van der Waals surface area contributed by atoms with Gasteiger partial charge in [0.1, 0.15) is 0 Å². The molecule has 1 aromatic rings. The maximum Gasteiger partial charge on any atom is 0.419 e. The van der Waals surface area contributed by atoms with Gasteiger partial charge in [-0.15, -0.1) is 0 Å². The summed E-state index contributed by atoms with van der Waals surface area (Å²) >= 11 is 8.77. The number of alkyl halides is 3. The van der Waals surface area contributed by atoms with Crippen molar-refractivity contribution in [2.24, 2.45) is 0 Å². The number of benzene rings is 1. The predicted octanol–water partition coefficient (Wildman–Crippen LogP) is 3.96. The molecule has 0 atom stereocenters. The van der Waals surface area contributed by atoms with Crippen LogP contribution in [-0.2, 0) is 10.9 Å². The molecule has 100 valence electrons. The lowest BCUT2D eigenvalue weighted by atomic mass is 10.1. The van der Waals surface area contributed by atoms with E-state index in [2.05, 4.69) is 15.9 Å². The summed E-state index contributed by atoms with van der Waals surface area (Å²) in [7, 11) is 0. The van der Waals surface area contributed by atoms with E-state index in [0.29, 0.717) is 26.3 Å². The highest BCUT2D eigenvalue weighted by molar-refractivity contribution is 9.10. The quantitative estimate of drug-likeness (QED) is 0.765. The van der Waals surface area contributed by atoms with Crippen LogP contribution in [0.5, 0.6) is 0 Å². The zero-order chi connectivity index (χ0) is 13.3. The Balaban J connectivity index is 2.49. The van der Waals surface area contributed by atoms with Gasteiger partial charge in [-0.05, 0) is 12.1 Å². The van der Waals surface area contributed by atoms with E-state index in [0.717, 1.165) is 0 Å². The fraction of sp³-hybridized carbons (Fsp3) is 0.455. The van der Waals surface area contributed by atoms with Crippen molar-refractivity contribution in [3.63, 3.8) is 0 Å². The average Bonchev–Trinajstić information content (AvgIpc) is 2.27. The average molecular weight is 345 g/mol. The standard InChI is InChI=1S/C11H10BrClF3NO/c12-8-5-7(13)6-9(10(8)11(14,15)16)17-1-3-18-4-2-17/h5-6H,1-4H2. The molecular formula is C11H10BrClF3NO. The number of halogens is 5. The smallest absolute Gasteiger partial charge is 0.378 e. The van der Waals surface area contributed by atoms with Crippen LogP contribution < -0.4 is 4.90 Å². The second kappa shape index (κ2) is 5.27. The molecular weight excluding hydrogens is 334 g/mol. The molecule has 1 saturated heterocycles. The molecule has 2 rings (SSSR count). The Kier molecular flexibility index (Phi) is 4.08. The molecule has 0 amide bonds. The molecule has 0 spiro atoms. The van der Waals surface area contributed by atoms with Crippen LogP contribution in [0.2, 0.25) is 5.02 Å². The maximum atomic E-state index is 13.1. The molecule has 0 aromatic heterocycles. The molecule has 0 unspecified atom stereocenters. The second-order valence-electron chi connectivity index (χ2n) is 3.88. The van der Waals surface area contributed by atoms with Gasteiger partial charge in [0.05, 0.1) is 24.5 Å². The number of ether oxygens (including phenoxy) is 1. The molecule has 1 aliphatic heterocycles. The third-order valence-corrected chi connectivity index (χ3v) is 3.51. The van der Waals surface area contributed by atoms with E-state index in [9.17, 15) is 13.2 Å². The lowest BCUT2D eigenvalue weighted by Crippen LogP contribution is -2.37. The van der Waals surface area contributed by atoms with Crippen molar-refractivity contribution in [2.45, 2.75) is 6.18 Å². The Morgan fingerprint density at radius 1 is 1.22 bits per heavy atom. The van der Waals surface area contributed by atoms with Crippen LogP contribution >= 0.6 is 27.5 Å². The van der Waals surface area contributed by atoms with Gasteiger partial charge in [-0.2, -0.15) is 13.2 Å². The highest BCUT2D eigenvalue weighted by atomic mass is 79.9. The van der Waals surface area contributed by atoms with Crippen LogP contribution in [0.1, 0.15) is 5.56 Å². The van der Waals surface area contributed by atoms with Gasteiger partial charge in [0.15, 0.2) is 0 Å². The number of nitrogens with zero attached hydrogens (tertiary/aromatic N) is 1. The minimum absolute atomic E-state index is 0.0380. The number of rotatable bonds is 1. The van der Waals surface area contributed by atoms with Crippen LogP contribution in [-0.4, -0.2) is 26.3 Å². The molecule has 0 radical (unpaired) electrons. The minimum Gasteiger partial charge on any atom is -0.378 e. The zero-order valence-electron chi connectivity index (χ0n) is 9.23. The van der Waals surface area contributed by atoms with Crippen molar-refractivity contribution in [3.8, 4) is 0 Å². The summed E-state index contributed by atoms with van der Waals surface area (Å²) in [5.41, 5.74) is -0.584. The van der Waals surface area contributed by atoms with Crippen molar-refractivity contribution in [2.75, 3.05) is 31.2 Å². The molecule has 1 heterocycles. The van der Waals surface area contributed by atoms with Gasteiger partial charge in [-0.1, -0.05) is 27.5 Å². The lowest BCUT2D eigenvalue weighted by molar-refractivity contribution is -0.137. The van der Waals surface area contributed by atoms with E-state index in [1.54, 1.807) is 4.90 Å². The van der Waals surface area contributed by atoms with Crippen molar-refractivity contribution < 1.29 is 17.9 Å². The van der Waals surface area contributed by atoms with Crippen molar-refractivity contribution in [1.29, 1.82) is 0 Å². The Morgan fingerprint density at radius 3 is 2.39 bits per heavy atom. The normalized spacial score (nSPS) is 17.1. The molecule has 18 heavy (non-hydrogen) atoms. The van der Waals surface area contributed by atoms with Gasteiger partial charge in [-0.25, -0.2) is 0 Å². The van der Waals surface area contributed by atoms with Gasteiger partial charge < -0.3 is 9.64 Å². The zero-order valence-corrected chi connectivity index (χ0v) is 11.6. The highest BCUT2D eigenvalue weighted by Crippen LogP contribution is 2.43. The number of morpholine rings is 1. The largest absolute Gasteiger partial charge is 0.419 e. The summed E-state index contributed by atoms with van der Waals surface area (Å²) in [4.78, 5) is 1.64. The van der Waals surface area contributed by atoms with E-state index in [4.69, 9.17) is 16.3 Å². The van der Waals surface area contributed by atoms with Crippen LogP contribution in [0.3, 0.4) is 0 Å². The number of anilines is 1. The molecule has 2 nitrogen and oxygen atoms in total. The van der Waals surface area contributed by atoms with Gasteiger partial charge in [0.2, 0.25) is 0 Å². The Hall–Kier alpha value is -0.460. The number of hydrogen-bond acceptors (Lipinski definition) is 2. The first-order chi connectivity index (χ1) is 8.39. The van der Waals surface area contributed by atoms with E-state index in [1.165, 1.54) is 12.1 Å². The summed E-state index contributed by atoms with van der Waals surface area (Å²) in [6.45, 7) is 1.69. The third kappa shape index (κ3) is 2.92. The van der Waals surface area contributed by atoms with E-state index >= 15 is 0 Å². The topological polar surface area (TPSA) is 12.5 Å². The fourth-order valence-electron chi connectivity index (χ4n) is 1.89. The first-order valence-electron chi connectivity index (χ1n) is 5.28. The summed E-state index contributed by atoms with van der Waals surface area (Å²) < 4.78 is 44.3. The lowest BCUT2D eigenvalue weighted by Gasteiger charge is -2.31. The Labute approximate surface area is 116 Å². The van der Waals surface area contributed by atoms with E-state index < -0.39 is 11.7 Å². The van der Waals surface area contributed by atoms with Crippen LogP contribution in [0.25, 0.3) is 0 Å². The highest BCUT2D eigenvalue weighted by Gasteiger charge is 2.37. The summed E-state index contributed by atoms with van der Waals surface area (Å²) in [6.07, 6.45) is -4.42. The fourth-order valence-corrected chi connectivity index (χ4v) is 2.91. The Morgan fingerprint density at radius 2 is 1.83 bits per heavy atom. The first-order valence-corrected chi connectivity index (χ1v) is 6.45. The number of hydrogen-bond donors (Lipinski definition) is 0. The van der Waals surface area contributed by atoms with E-state index in [1.807, 2.05) is 0 Å². The minimum atomic E-state index is -4.42. The van der Waals surface area contributed by atoms with Crippen molar-refractivity contribution in [3.05, 3.63) is 27.2 Å². The van der Waals surface area contributed by atoms with Crippen LogP contribution in [0, 0.1) is 0 Å². The Bertz CT molecular complexity index is 447. The third-order valence-electron chi connectivity index (χ3n) is 2.67. The van der Waals surface area contributed by atoms with Gasteiger partial charge in [-0.3, -0.25) is 0 Å². The molecule has 0 aliphatic carbocycles. The van der Waals surface area contributed by atoms with Crippen molar-refractivity contribution in [1.82, 2.24) is 0 Å². The maximum absolute atomic E-state index is 13.1. The summed E-state index contributed by atoms with van der Waals surface area (Å²) in [6, 6.07) is 2.61. The van der Waals surface area contributed by atoms with Gasteiger partial charge >= 0.3 is 6.18 Å². The van der Waals surface area contributed by atoms with Gasteiger partial charge in [0, 0.05) is 22.6 Å². The van der Waals surface area contributed by atoms with Crippen LogP contribution in [0.4, 0.5) is 18.9 Å². The molecule has 0 N–H and O–H groups in total. The SMILES string of the molecule is FC(F)(F)c1c(Br)cc(Cl)cc1N1CCOCC1. The molecule has 1 fully saturated rings. The molecule has 0 bridgehead atoms. The molecule has 7 heteroatoms. The van der Waals surface area contributed by atoms with Crippen molar-refractivity contribution >= 4 is 33.2 Å². The molecule has 1 aliphatic rings. The summed E-state index contributed by atoms with van der Waals surface area (Å²) in [5.74, 6) is 0.